The second-order valence-corrected chi connectivity index (χ2v) is 5.84. The summed E-state index contributed by atoms with van der Waals surface area (Å²) in [7, 11) is 0. The molecule has 0 radical (unpaired) electrons. The van der Waals surface area contributed by atoms with Gasteiger partial charge in [0.25, 0.3) is 0 Å². The van der Waals surface area contributed by atoms with Gasteiger partial charge >= 0.3 is 0 Å². The molecule has 1 heterocycles. The minimum atomic E-state index is -0.871. The molecule has 0 spiro atoms. The molecular formula is C16H20ClN3O2. The van der Waals surface area contributed by atoms with Crippen molar-refractivity contribution in [2.24, 2.45) is 0 Å². The Morgan fingerprint density at radius 2 is 2.09 bits per heavy atom. The van der Waals surface area contributed by atoms with Crippen molar-refractivity contribution in [3.63, 3.8) is 0 Å². The van der Waals surface area contributed by atoms with Gasteiger partial charge in [0.2, 0.25) is 0 Å². The second-order valence-electron chi connectivity index (χ2n) is 5.40. The van der Waals surface area contributed by atoms with Gasteiger partial charge in [-0.05, 0) is 44.5 Å². The molecular weight excluding hydrogens is 302 g/mol. The monoisotopic (exact) mass is 321 g/mol. The van der Waals surface area contributed by atoms with Crippen molar-refractivity contribution in [3.8, 4) is 0 Å². The molecule has 1 unspecified atom stereocenters. The Kier molecular flexibility index (Phi) is 5.34. The predicted molar refractivity (Wildman–Crippen MR) is 87.4 cm³/mol. The molecule has 0 aliphatic carbocycles. The molecule has 118 valence electrons. The molecule has 1 aromatic carbocycles. The molecule has 1 atom stereocenters. The lowest BCUT2D eigenvalue weighted by Crippen LogP contribution is -2.41. The number of hydrogen-bond acceptors (Lipinski definition) is 4. The van der Waals surface area contributed by atoms with E-state index in [9.17, 15) is 5.11 Å². The molecule has 0 aliphatic heterocycles. The van der Waals surface area contributed by atoms with E-state index in [1.807, 2.05) is 39.0 Å². The van der Waals surface area contributed by atoms with Gasteiger partial charge in [-0.2, -0.15) is 5.10 Å². The standard InChI is InChI=1S/C16H20ClN3O2/c1-4-22-16(2,3)15(21)14(20-11-18-10-19-20)9-12-5-7-13(17)8-6-12/h5-11,15,21H,4H2,1-3H3. The Bertz CT molecular complexity index is 621. The average molecular weight is 322 g/mol. The first kappa shape index (κ1) is 16.7. The first-order valence-electron chi connectivity index (χ1n) is 7.08. The van der Waals surface area contributed by atoms with E-state index < -0.39 is 11.7 Å². The first-order chi connectivity index (χ1) is 10.4. The van der Waals surface area contributed by atoms with Gasteiger partial charge in [0.05, 0.1) is 11.3 Å². The van der Waals surface area contributed by atoms with Gasteiger partial charge in [0.15, 0.2) is 0 Å². The van der Waals surface area contributed by atoms with E-state index in [2.05, 4.69) is 10.1 Å². The van der Waals surface area contributed by atoms with Crippen LogP contribution >= 0.6 is 11.6 Å². The van der Waals surface area contributed by atoms with Crippen LogP contribution in [0.1, 0.15) is 26.3 Å². The zero-order valence-electron chi connectivity index (χ0n) is 12.9. The molecule has 0 fully saturated rings. The van der Waals surface area contributed by atoms with Crippen molar-refractivity contribution in [1.82, 2.24) is 14.8 Å². The number of ether oxygens (including phenoxy) is 1. The summed E-state index contributed by atoms with van der Waals surface area (Å²) in [6.45, 7) is 6.09. The summed E-state index contributed by atoms with van der Waals surface area (Å²) >= 11 is 5.91. The molecule has 1 aromatic heterocycles. The third kappa shape index (κ3) is 3.94. The van der Waals surface area contributed by atoms with Crippen molar-refractivity contribution in [1.29, 1.82) is 0 Å². The molecule has 1 N–H and O–H groups in total. The van der Waals surface area contributed by atoms with E-state index in [4.69, 9.17) is 16.3 Å². The quantitative estimate of drug-likeness (QED) is 0.888. The van der Waals surface area contributed by atoms with Crippen LogP contribution in [0.4, 0.5) is 0 Å². The van der Waals surface area contributed by atoms with E-state index in [1.165, 1.54) is 6.33 Å². The van der Waals surface area contributed by atoms with Crippen LogP contribution in [0.3, 0.4) is 0 Å². The molecule has 2 aromatic rings. The van der Waals surface area contributed by atoms with Crippen LogP contribution in [0.25, 0.3) is 11.8 Å². The summed E-state index contributed by atoms with van der Waals surface area (Å²) in [6, 6.07) is 7.35. The van der Waals surface area contributed by atoms with Crippen molar-refractivity contribution >= 4 is 23.4 Å². The molecule has 5 nitrogen and oxygen atoms in total. The number of aromatic nitrogens is 3. The van der Waals surface area contributed by atoms with E-state index in [-0.39, 0.29) is 0 Å². The topological polar surface area (TPSA) is 60.2 Å². The van der Waals surface area contributed by atoms with Gasteiger partial charge < -0.3 is 9.84 Å². The lowest BCUT2D eigenvalue weighted by Gasteiger charge is -2.31. The zero-order chi connectivity index (χ0) is 16.2. The molecule has 0 saturated heterocycles. The number of hydrogen-bond donors (Lipinski definition) is 1. The fourth-order valence-electron chi connectivity index (χ4n) is 2.15. The highest BCUT2D eigenvalue weighted by atomic mass is 35.5. The number of aliphatic hydroxyl groups excluding tert-OH is 1. The number of halogens is 1. The molecule has 2 rings (SSSR count). The van der Waals surface area contributed by atoms with Gasteiger partial charge in [-0.1, -0.05) is 23.7 Å². The van der Waals surface area contributed by atoms with Crippen LogP contribution < -0.4 is 0 Å². The van der Waals surface area contributed by atoms with Crippen LogP contribution in [0.5, 0.6) is 0 Å². The number of aliphatic hydroxyl groups is 1. The largest absolute Gasteiger partial charge is 0.384 e. The van der Waals surface area contributed by atoms with E-state index >= 15 is 0 Å². The van der Waals surface area contributed by atoms with Gasteiger partial charge in [0, 0.05) is 11.6 Å². The highest BCUT2D eigenvalue weighted by Gasteiger charge is 2.32. The molecule has 0 bridgehead atoms. The van der Waals surface area contributed by atoms with Crippen LogP contribution in [0, 0.1) is 0 Å². The number of rotatable bonds is 6. The fourth-order valence-corrected chi connectivity index (χ4v) is 2.27. The fraction of sp³-hybridized carbons (Fsp3) is 0.375. The van der Waals surface area contributed by atoms with Crippen LogP contribution in [0.2, 0.25) is 5.02 Å². The Hall–Kier alpha value is -1.69. The maximum atomic E-state index is 10.7. The lowest BCUT2D eigenvalue weighted by atomic mass is 9.97. The Morgan fingerprint density at radius 3 is 2.64 bits per heavy atom. The summed E-state index contributed by atoms with van der Waals surface area (Å²) in [4.78, 5) is 3.95. The average Bonchev–Trinajstić information content (AvgIpc) is 3.00. The number of nitrogens with zero attached hydrogens (tertiary/aromatic N) is 3. The van der Waals surface area contributed by atoms with E-state index in [1.54, 1.807) is 23.1 Å². The highest BCUT2D eigenvalue weighted by molar-refractivity contribution is 6.30. The maximum Gasteiger partial charge on any atom is 0.138 e. The minimum absolute atomic E-state index is 0.510. The lowest BCUT2D eigenvalue weighted by molar-refractivity contribution is -0.0753. The number of benzene rings is 1. The van der Waals surface area contributed by atoms with Gasteiger partial charge in [-0.15, -0.1) is 0 Å². The highest BCUT2D eigenvalue weighted by Crippen LogP contribution is 2.26. The van der Waals surface area contributed by atoms with Crippen LogP contribution in [0.15, 0.2) is 36.9 Å². The Balaban J connectivity index is 2.41. The van der Waals surface area contributed by atoms with Crippen molar-refractivity contribution in [3.05, 3.63) is 47.5 Å². The first-order valence-corrected chi connectivity index (χ1v) is 7.46. The van der Waals surface area contributed by atoms with Crippen LogP contribution in [-0.2, 0) is 4.74 Å². The zero-order valence-corrected chi connectivity index (χ0v) is 13.7. The van der Waals surface area contributed by atoms with Crippen LogP contribution in [-0.4, -0.2) is 38.2 Å². The molecule has 0 amide bonds. The summed E-state index contributed by atoms with van der Waals surface area (Å²) in [5.41, 5.74) is 0.735. The molecule has 0 aliphatic rings. The SMILES string of the molecule is CCOC(C)(C)C(O)C(=Cc1ccc(Cl)cc1)n1cncn1. The third-order valence-corrected chi connectivity index (χ3v) is 3.57. The van der Waals surface area contributed by atoms with Crippen molar-refractivity contribution in [2.75, 3.05) is 6.61 Å². The van der Waals surface area contributed by atoms with Crippen molar-refractivity contribution in [2.45, 2.75) is 32.5 Å². The second kappa shape index (κ2) is 7.05. The Morgan fingerprint density at radius 1 is 1.41 bits per heavy atom. The molecule has 6 heteroatoms. The van der Waals surface area contributed by atoms with Gasteiger partial charge in [-0.25, -0.2) is 9.67 Å². The smallest absolute Gasteiger partial charge is 0.138 e. The third-order valence-electron chi connectivity index (χ3n) is 3.32. The van der Waals surface area contributed by atoms with E-state index in [0.717, 1.165) is 5.56 Å². The van der Waals surface area contributed by atoms with Crippen molar-refractivity contribution < 1.29 is 9.84 Å². The summed E-state index contributed by atoms with van der Waals surface area (Å²) < 4.78 is 7.20. The Labute approximate surface area is 135 Å². The normalized spacial score (nSPS) is 14.1. The summed E-state index contributed by atoms with van der Waals surface area (Å²) in [5.74, 6) is 0. The summed E-state index contributed by atoms with van der Waals surface area (Å²) in [6.07, 6.45) is 3.95. The molecule has 0 saturated carbocycles. The summed E-state index contributed by atoms with van der Waals surface area (Å²) in [5, 5.41) is 15.5. The maximum absolute atomic E-state index is 10.7. The minimum Gasteiger partial charge on any atom is -0.384 e. The molecule has 22 heavy (non-hydrogen) atoms. The van der Waals surface area contributed by atoms with Gasteiger partial charge in [-0.3, -0.25) is 0 Å². The predicted octanol–water partition coefficient (Wildman–Crippen LogP) is 3.11. The van der Waals surface area contributed by atoms with Gasteiger partial charge in [0.1, 0.15) is 18.8 Å². The van der Waals surface area contributed by atoms with E-state index in [0.29, 0.717) is 17.3 Å².